The van der Waals surface area contributed by atoms with Crippen molar-refractivity contribution >= 4 is 40.2 Å². The number of carboxylic acid groups (broad SMARTS) is 1. The summed E-state index contributed by atoms with van der Waals surface area (Å²) in [6.07, 6.45) is 0. The van der Waals surface area contributed by atoms with E-state index in [1.54, 1.807) is 22.6 Å². The number of H-pyrrole nitrogens is 1. The van der Waals surface area contributed by atoms with E-state index >= 15 is 0 Å². The van der Waals surface area contributed by atoms with Crippen LogP contribution in [0.2, 0.25) is 5.02 Å². The molecule has 12 heavy (non-hydrogen) atoms. The molecule has 6 heteroatoms. The van der Waals surface area contributed by atoms with Crippen LogP contribution in [-0.2, 0) is 0 Å². The van der Waals surface area contributed by atoms with Gasteiger partial charge in [-0.05, 0) is 28.7 Å². The van der Waals surface area contributed by atoms with Gasteiger partial charge in [0, 0.05) is 0 Å². The maximum atomic E-state index is 10.9. The molecule has 0 aliphatic carbocycles. The SMILES string of the molecule is O=C(O)c1[nH]c(=O)c(I)cc1Cl. The predicted molar refractivity (Wildman–Crippen MR) is 51.7 cm³/mol. The van der Waals surface area contributed by atoms with Gasteiger partial charge in [0.25, 0.3) is 5.56 Å². The van der Waals surface area contributed by atoms with E-state index in [1.807, 2.05) is 0 Å². The van der Waals surface area contributed by atoms with Crippen molar-refractivity contribution in [1.82, 2.24) is 4.98 Å². The predicted octanol–water partition coefficient (Wildman–Crippen LogP) is 1.33. The van der Waals surface area contributed by atoms with Crippen LogP contribution in [0.25, 0.3) is 0 Å². The molecule has 0 saturated carbocycles. The summed E-state index contributed by atoms with van der Waals surface area (Å²) in [5, 5.41) is 8.56. The zero-order chi connectivity index (χ0) is 9.30. The summed E-state index contributed by atoms with van der Waals surface area (Å²) in [5.74, 6) is -1.24. The second-order valence-corrected chi connectivity index (χ2v) is 3.54. The smallest absolute Gasteiger partial charge is 0.353 e. The Balaban J connectivity index is 3.43. The standard InChI is InChI=1S/C6H3ClINO3/c7-2-1-3(8)5(10)9-4(2)6(11)12/h1H,(H,9,10)(H,11,12). The fourth-order valence-electron chi connectivity index (χ4n) is 0.638. The molecule has 0 saturated heterocycles. The molecule has 0 aromatic carbocycles. The van der Waals surface area contributed by atoms with Crippen LogP contribution in [0.15, 0.2) is 10.9 Å². The van der Waals surface area contributed by atoms with Crippen LogP contribution in [0.3, 0.4) is 0 Å². The fourth-order valence-corrected chi connectivity index (χ4v) is 1.51. The molecule has 0 spiro atoms. The van der Waals surface area contributed by atoms with Crippen LogP contribution < -0.4 is 5.56 Å². The summed E-state index contributed by atoms with van der Waals surface area (Å²) in [6, 6.07) is 1.31. The number of hydrogen-bond acceptors (Lipinski definition) is 2. The van der Waals surface area contributed by atoms with Crippen molar-refractivity contribution in [3.8, 4) is 0 Å². The monoisotopic (exact) mass is 299 g/mol. The van der Waals surface area contributed by atoms with Gasteiger partial charge in [0.05, 0.1) is 8.59 Å². The molecule has 64 valence electrons. The van der Waals surface area contributed by atoms with Crippen molar-refractivity contribution in [2.75, 3.05) is 0 Å². The molecule has 0 aliphatic heterocycles. The molecule has 0 bridgehead atoms. The Kier molecular flexibility index (Phi) is 2.73. The first-order chi connectivity index (χ1) is 5.52. The molecule has 1 rings (SSSR count). The van der Waals surface area contributed by atoms with Crippen molar-refractivity contribution in [2.45, 2.75) is 0 Å². The van der Waals surface area contributed by atoms with Gasteiger partial charge in [-0.3, -0.25) is 4.79 Å². The largest absolute Gasteiger partial charge is 0.477 e. The van der Waals surface area contributed by atoms with E-state index in [0.29, 0.717) is 3.57 Å². The second-order valence-electron chi connectivity index (χ2n) is 1.97. The maximum absolute atomic E-state index is 10.9. The van der Waals surface area contributed by atoms with Crippen LogP contribution in [0.5, 0.6) is 0 Å². The van der Waals surface area contributed by atoms with E-state index in [1.165, 1.54) is 6.07 Å². The molecule has 1 heterocycles. The van der Waals surface area contributed by atoms with Crippen LogP contribution in [-0.4, -0.2) is 16.1 Å². The molecule has 2 N–H and O–H groups in total. The van der Waals surface area contributed by atoms with Crippen LogP contribution in [0.4, 0.5) is 0 Å². The minimum Gasteiger partial charge on any atom is -0.477 e. The van der Waals surface area contributed by atoms with E-state index in [2.05, 4.69) is 4.98 Å². The number of carboxylic acids is 1. The van der Waals surface area contributed by atoms with Gasteiger partial charge in [0.1, 0.15) is 5.69 Å². The zero-order valence-corrected chi connectivity index (χ0v) is 8.51. The summed E-state index contributed by atoms with van der Waals surface area (Å²) >= 11 is 7.31. The van der Waals surface area contributed by atoms with Crippen LogP contribution >= 0.6 is 34.2 Å². The van der Waals surface area contributed by atoms with Gasteiger partial charge >= 0.3 is 5.97 Å². The van der Waals surface area contributed by atoms with E-state index < -0.39 is 11.5 Å². The Labute approximate surface area is 85.7 Å². The van der Waals surface area contributed by atoms with Crippen molar-refractivity contribution in [1.29, 1.82) is 0 Å². The molecular weight excluding hydrogens is 296 g/mol. The van der Waals surface area contributed by atoms with Gasteiger partial charge in [-0.1, -0.05) is 11.6 Å². The maximum Gasteiger partial charge on any atom is 0.353 e. The first-order valence-electron chi connectivity index (χ1n) is 2.84. The lowest BCUT2D eigenvalue weighted by molar-refractivity contribution is 0.0690. The van der Waals surface area contributed by atoms with E-state index in [0.717, 1.165) is 0 Å². The average Bonchev–Trinajstić information content (AvgIpc) is 1.96. The highest BCUT2D eigenvalue weighted by Gasteiger charge is 2.10. The summed E-state index contributed by atoms with van der Waals surface area (Å²) in [5.41, 5.74) is -0.723. The Morgan fingerprint density at radius 1 is 1.67 bits per heavy atom. The van der Waals surface area contributed by atoms with Gasteiger partial charge in [0.15, 0.2) is 0 Å². The number of aromatic carboxylic acids is 1. The zero-order valence-electron chi connectivity index (χ0n) is 5.60. The number of carbonyl (C=O) groups is 1. The number of nitrogens with one attached hydrogen (secondary N) is 1. The van der Waals surface area contributed by atoms with E-state index in [-0.39, 0.29) is 10.7 Å². The number of aromatic nitrogens is 1. The topological polar surface area (TPSA) is 70.2 Å². The van der Waals surface area contributed by atoms with Gasteiger partial charge < -0.3 is 10.1 Å². The Morgan fingerprint density at radius 3 is 2.75 bits per heavy atom. The highest BCUT2D eigenvalue weighted by molar-refractivity contribution is 14.1. The number of rotatable bonds is 1. The van der Waals surface area contributed by atoms with Crippen LogP contribution in [0.1, 0.15) is 10.5 Å². The summed E-state index contributed by atoms with van der Waals surface area (Å²) in [7, 11) is 0. The Morgan fingerprint density at radius 2 is 2.25 bits per heavy atom. The van der Waals surface area contributed by atoms with Crippen molar-refractivity contribution in [3.05, 3.63) is 30.7 Å². The highest BCUT2D eigenvalue weighted by atomic mass is 127. The molecule has 0 atom stereocenters. The third kappa shape index (κ3) is 1.78. The lowest BCUT2D eigenvalue weighted by Gasteiger charge is -1.97. The Bertz CT molecular complexity index is 387. The lowest BCUT2D eigenvalue weighted by atomic mass is 10.3. The first-order valence-corrected chi connectivity index (χ1v) is 4.29. The van der Waals surface area contributed by atoms with E-state index in [4.69, 9.17) is 16.7 Å². The minimum absolute atomic E-state index is 0.0338. The average molecular weight is 299 g/mol. The highest BCUT2D eigenvalue weighted by Crippen LogP contribution is 2.13. The number of pyridine rings is 1. The van der Waals surface area contributed by atoms with Gasteiger partial charge in [-0.2, -0.15) is 0 Å². The second kappa shape index (κ2) is 3.44. The summed E-state index contributed by atoms with van der Waals surface area (Å²) < 4.78 is 0.364. The molecule has 0 fully saturated rings. The number of halogens is 2. The van der Waals surface area contributed by atoms with Crippen molar-refractivity contribution in [3.63, 3.8) is 0 Å². The Hall–Kier alpha value is -0.560. The molecule has 0 radical (unpaired) electrons. The molecule has 0 amide bonds. The molecule has 1 aromatic heterocycles. The molecule has 0 unspecified atom stereocenters. The quantitative estimate of drug-likeness (QED) is 0.769. The van der Waals surface area contributed by atoms with E-state index in [9.17, 15) is 9.59 Å². The fraction of sp³-hybridized carbons (Fsp3) is 0. The van der Waals surface area contributed by atoms with Crippen LogP contribution in [0, 0.1) is 3.57 Å². The van der Waals surface area contributed by atoms with Crippen molar-refractivity contribution in [2.24, 2.45) is 0 Å². The third-order valence-electron chi connectivity index (χ3n) is 1.16. The number of aromatic amines is 1. The molecule has 4 nitrogen and oxygen atoms in total. The van der Waals surface area contributed by atoms with Gasteiger partial charge in [-0.15, -0.1) is 0 Å². The third-order valence-corrected chi connectivity index (χ3v) is 2.26. The summed E-state index contributed by atoms with van der Waals surface area (Å²) in [4.78, 5) is 23.5. The minimum atomic E-state index is -1.24. The lowest BCUT2D eigenvalue weighted by Crippen LogP contribution is -2.15. The van der Waals surface area contributed by atoms with Crippen molar-refractivity contribution < 1.29 is 9.90 Å². The molecule has 0 aliphatic rings. The number of hydrogen-bond donors (Lipinski definition) is 2. The first kappa shape index (κ1) is 9.53. The normalized spacial score (nSPS) is 9.83. The van der Waals surface area contributed by atoms with Gasteiger partial charge in [0.2, 0.25) is 0 Å². The molecular formula is C6H3ClINO3. The molecule has 1 aromatic rings. The summed E-state index contributed by atoms with van der Waals surface area (Å²) in [6.45, 7) is 0. The van der Waals surface area contributed by atoms with Gasteiger partial charge in [-0.25, -0.2) is 4.79 Å².